The molecule has 4 rings (SSSR count). The first kappa shape index (κ1) is 18.1. The number of fused-ring (bicyclic) bond motifs is 2. The number of benzene rings is 2. The normalized spacial score (nSPS) is 17.8. The van der Waals surface area contributed by atoms with Crippen molar-refractivity contribution in [2.24, 2.45) is 0 Å². The van der Waals surface area contributed by atoms with E-state index in [1.165, 1.54) is 5.12 Å². The van der Waals surface area contributed by atoms with E-state index in [-0.39, 0.29) is 31.1 Å². The Labute approximate surface area is 162 Å². The van der Waals surface area contributed by atoms with Gasteiger partial charge in [0.25, 0.3) is 5.91 Å². The van der Waals surface area contributed by atoms with Gasteiger partial charge < -0.3 is 15.2 Å². The van der Waals surface area contributed by atoms with Crippen molar-refractivity contribution in [3.8, 4) is 11.5 Å². The molecule has 8 heteroatoms. The lowest BCUT2D eigenvalue weighted by Gasteiger charge is -2.27. The fourth-order valence-corrected chi connectivity index (χ4v) is 3.38. The number of nitrogens with zero attached hydrogens (tertiary/aromatic N) is 1. The number of nitrogens with one attached hydrogen (secondary N) is 2. The second-order valence-electron chi connectivity index (χ2n) is 6.82. The lowest BCUT2D eigenvalue weighted by atomic mass is 9.93. The van der Waals surface area contributed by atoms with E-state index in [9.17, 15) is 9.59 Å². The molecule has 0 aliphatic carbocycles. The van der Waals surface area contributed by atoms with Crippen LogP contribution in [0, 0.1) is 0 Å². The molecule has 0 saturated heterocycles. The maximum Gasteiger partial charge on any atom is 0.260 e. The summed E-state index contributed by atoms with van der Waals surface area (Å²) in [5.74, 6) is 0.769. The summed E-state index contributed by atoms with van der Waals surface area (Å²) in [7, 11) is 0. The Hall–Kier alpha value is -3.26. The maximum atomic E-state index is 12.8. The molecule has 0 radical (unpaired) electrons. The molecule has 0 bridgehead atoms. The second-order valence-corrected chi connectivity index (χ2v) is 6.82. The van der Waals surface area contributed by atoms with Crippen LogP contribution in [-0.4, -0.2) is 23.7 Å². The summed E-state index contributed by atoms with van der Waals surface area (Å²) in [6, 6.07) is 10.7. The summed E-state index contributed by atoms with van der Waals surface area (Å²) in [5.41, 5.74) is 14.9. The Morgan fingerprint density at radius 2 is 1.96 bits per heavy atom. The topological polar surface area (TPSA) is 106 Å². The van der Waals surface area contributed by atoms with Crippen molar-refractivity contribution in [1.29, 1.82) is 0 Å². The SMILES string of the molecule is CCCC(=O)NN1NC(c2ccc(N)cc2)c2cc3c(cc2CC1=O)OCO3. The molecule has 2 aliphatic rings. The van der Waals surface area contributed by atoms with Gasteiger partial charge in [0.05, 0.1) is 12.5 Å². The van der Waals surface area contributed by atoms with Gasteiger partial charge in [-0.15, -0.1) is 0 Å². The number of nitrogens with two attached hydrogens (primary N) is 1. The van der Waals surface area contributed by atoms with Crippen molar-refractivity contribution < 1.29 is 19.1 Å². The number of ether oxygens (including phenoxy) is 2. The van der Waals surface area contributed by atoms with E-state index in [1.54, 1.807) is 12.1 Å². The van der Waals surface area contributed by atoms with Gasteiger partial charge in [-0.3, -0.25) is 9.59 Å². The van der Waals surface area contributed by atoms with E-state index >= 15 is 0 Å². The van der Waals surface area contributed by atoms with Crippen molar-refractivity contribution in [1.82, 2.24) is 16.0 Å². The van der Waals surface area contributed by atoms with Crippen molar-refractivity contribution in [2.45, 2.75) is 32.2 Å². The van der Waals surface area contributed by atoms with E-state index < -0.39 is 0 Å². The van der Waals surface area contributed by atoms with E-state index in [4.69, 9.17) is 15.2 Å². The number of anilines is 1. The molecule has 2 aromatic carbocycles. The Bertz CT molecular complexity index is 913. The van der Waals surface area contributed by atoms with E-state index in [1.807, 2.05) is 31.2 Å². The minimum absolute atomic E-state index is 0.122. The number of hydrogen-bond acceptors (Lipinski definition) is 6. The molecule has 0 fully saturated rings. The molecule has 2 heterocycles. The Kier molecular flexibility index (Phi) is 4.79. The third kappa shape index (κ3) is 3.46. The van der Waals surface area contributed by atoms with Gasteiger partial charge in [-0.25, -0.2) is 5.43 Å². The Morgan fingerprint density at radius 3 is 2.68 bits per heavy atom. The zero-order valence-corrected chi connectivity index (χ0v) is 15.5. The van der Waals surface area contributed by atoms with Crippen LogP contribution in [0.5, 0.6) is 11.5 Å². The van der Waals surface area contributed by atoms with Crippen LogP contribution in [0.4, 0.5) is 5.69 Å². The predicted molar refractivity (Wildman–Crippen MR) is 102 cm³/mol. The fraction of sp³-hybridized carbons (Fsp3) is 0.300. The molecule has 146 valence electrons. The number of carbonyl (C=O) groups is 2. The number of rotatable bonds is 4. The van der Waals surface area contributed by atoms with Crippen LogP contribution in [0.1, 0.15) is 42.5 Å². The molecule has 4 N–H and O–H groups in total. The maximum absolute atomic E-state index is 12.8. The molecule has 1 unspecified atom stereocenters. The van der Waals surface area contributed by atoms with Gasteiger partial charge >= 0.3 is 0 Å². The number of hydrogen-bond donors (Lipinski definition) is 3. The molecule has 0 saturated carbocycles. The highest BCUT2D eigenvalue weighted by atomic mass is 16.7. The molecular weight excluding hydrogens is 360 g/mol. The summed E-state index contributed by atoms with van der Waals surface area (Å²) in [5, 5.41) is 1.19. The lowest BCUT2D eigenvalue weighted by molar-refractivity contribution is -0.145. The van der Waals surface area contributed by atoms with E-state index in [0.717, 1.165) is 16.7 Å². The fourth-order valence-electron chi connectivity index (χ4n) is 3.38. The van der Waals surface area contributed by atoms with E-state index in [0.29, 0.717) is 30.0 Å². The monoisotopic (exact) mass is 382 g/mol. The smallest absolute Gasteiger partial charge is 0.260 e. The molecule has 2 aliphatic heterocycles. The van der Waals surface area contributed by atoms with Crippen LogP contribution in [0.3, 0.4) is 0 Å². The Morgan fingerprint density at radius 1 is 1.25 bits per heavy atom. The van der Waals surface area contributed by atoms with Crippen LogP contribution in [0.25, 0.3) is 0 Å². The molecule has 1 atom stereocenters. The molecule has 28 heavy (non-hydrogen) atoms. The highest BCUT2D eigenvalue weighted by Gasteiger charge is 2.31. The second kappa shape index (κ2) is 7.40. The lowest BCUT2D eigenvalue weighted by Crippen LogP contribution is -2.54. The first-order valence-corrected chi connectivity index (χ1v) is 9.21. The highest BCUT2D eigenvalue weighted by Crippen LogP contribution is 2.39. The molecule has 2 aromatic rings. The summed E-state index contributed by atoms with van der Waals surface area (Å²) >= 11 is 0. The highest BCUT2D eigenvalue weighted by molar-refractivity contribution is 5.84. The third-order valence-electron chi connectivity index (χ3n) is 4.78. The first-order valence-electron chi connectivity index (χ1n) is 9.21. The molecule has 0 spiro atoms. The van der Waals surface area contributed by atoms with Crippen molar-refractivity contribution >= 4 is 17.5 Å². The summed E-state index contributed by atoms with van der Waals surface area (Å²) in [6.07, 6.45) is 1.15. The number of carbonyl (C=O) groups excluding carboxylic acids is 2. The van der Waals surface area contributed by atoms with Crippen LogP contribution in [0.2, 0.25) is 0 Å². The number of amides is 2. The zero-order valence-electron chi connectivity index (χ0n) is 15.5. The van der Waals surface area contributed by atoms with Crippen LogP contribution in [-0.2, 0) is 16.0 Å². The zero-order chi connectivity index (χ0) is 19.7. The van der Waals surface area contributed by atoms with Gasteiger partial charge in [0.15, 0.2) is 11.5 Å². The largest absolute Gasteiger partial charge is 0.454 e. The van der Waals surface area contributed by atoms with Gasteiger partial charge in [-0.1, -0.05) is 19.1 Å². The minimum atomic E-state index is -0.376. The molecule has 0 aromatic heterocycles. The Balaban J connectivity index is 1.75. The van der Waals surface area contributed by atoms with Crippen molar-refractivity contribution in [2.75, 3.05) is 12.5 Å². The van der Waals surface area contributed by atoms with Crippen LogP contribution in [0.15, 0.2) is 36.4 Å². The minimum Gasteiger partial charge on any atom is -0.454 e. The van der Waals surface area contributed by atoms with Crippen LogP contribution < -0.4 is 26.1 Å². The number of hydrazine groups is 2. The van der Waals surface area contributed by atoms with E-state index in [2.05, 4.69) is 10.9 Å². The van der Waals surface area contributed by atoms with Crippen LogP contribution >= 0.6 is 0 Å². The van der Waals surface area contributed by atoms with Gasteiger partial charge in [0.1, 0.15) is 0 Å². The van der Waals surface area contributed by atoms with Gasteiger partial charge in [0.2, 0.25) is 12.7 Å². The average Bonchev–Trinajstić information content (AvgIpc) is 3.08. The van der Waals surface area contributed by atoms with Crippen molar-refractivity contribution in [3.05, 3.63) is 53.1 Å². The predicted octanol–water partition coefficient (Wildman–Crippen LogP) is 1.81. The van der Waals surface area contributed by atoms with Gasteiger partial charge in [-0.2, -0.15) is 10.5 Å². The first-order chi connectivity index (χ1) is 13.5. The van der Waals surface area contributed by atoms with Gasteiger partial charge in [-0.05, 0) is 47.4 Å². The third-order valence-corrected chi connectivity index (χ3v) is 4.78. The van der Waals surface area contributed by atoms with Gasteiger partial charge in [0, 0.05) is 12.1 Å². The number of nitrogen functional groups attached to an aromatic ring is 1. The quantitative estimate of drug-likeness (QED) is 0.697. The molecule has 8 nitrogen and oxygen atoms in total. The van der Waals surface area contributed by atoms with Crippen molar-refractivity contribution in [3.63, 3.8) is 0 Å². The average molecular weight is 382 g/mol. The summed E-state index contributed by atoms with van der Waals surface area (Å²) < 4.78 is 11.0. The summed E-state index contributed by atoms with van der Waals surface area (Å²) in [4.78, 5) is 24.9. The summed E-state index contributed by atoms with van der Waals surface area (Å²) in [6.45, 7) is 2.07. The molecule has 2 amide bonds. The standard InChI is InChI=1S/C20H22N4O4/c1-2-3-18(25)22-24-19(26)9-13-8-16-17(28-11-27-16)10-15(13)20(23-24)12-4-6-14(21)7-5-12/h4-8,10,20,23H,2-3,9,11,21H2,1H3,(H,22,25). The molecular formula is C20H22N4O4.